The summed E-state index contributed by atoms with van der Waals surface area (Å²) in [4.78, 5) is 2.46. The zero-order valence-corrected chi connectivity index (χ0v) is 9.54. The molecule has 0 aromatic rings. The Morgan fingerprint density at radius 3 is 3.20 bits per heavy atom. The normalized spacial score (nSPS) is 22.5. The Bertz CT molecular complexity index is 202. The summed E-state index contributed by atoms with van der Waals surface area (Å²) in [6, 6.07) is 2.63. The van der Waals surface area contributed by atoms with Crippen molar-refractivity contribution < 1.29 is 4.74 Å². The van der Waals surface area contributed by atoms with Crippen molar-refractivity contribution in [1.82, 2.24) is 10.2 Å². The third-order valence-electron chi connectivity index (χ3n) is 2.80. The third-order valence-corrected chi connectivity index (χ3v) is 2.80. The molecule has 0 saturated carbocycles. The molecule has 4 heteroatoms. The van der Waals surface area contributed by atoms with Gasteiger partial charge in [0.15, 0.2) is 0 Å². The SMILES string of the molecule is COCCCN1CCCC(NCC#N)C1. The summed E-state index contributed by atoms with van der Waals surface area (Å²) < 4.78 is 5.04. The molecule has 1 atom stereocenters. The highest BCUT2D eigenvalue weighted by Crippen LogP contribution is 2.10. The zero-order valence-electron chi connectivity index (χ0n) is 9.54. The monoisotopic (exact) mass is 211 g/mol. The van der Waals surface area contributed by atoms with E-state index in [1.807, 2.05) is 0 Å². The van der Waals surface area contributed by atoms with Gasteiger partial charge in [0.25, 0.3) is 0 Å². The van der Waals surface area contributed by atoms with Gasteiger partial charge in [-0.05, 0) is 25.8 Å². The fraction of sp³-hybridized carbons (Fsp3) is 0.909. The number of nitriles is 1. The molecule has 1 unspecified atom stereocenters. The van der Waals surface area contributed by atoms with Crippen LogP contribution in [-0.2, 0) is 4.74 Å². The van der Waals surface area contributed by atoms with E-state index in [1.54, 1.807) is 7.11 Å². The number of hydrogen-bond donors (Lipinski definition) is 1. The van der Waals surface area contributed by atoms with E-state index < -0.39 is 0 Å². The molecule has 0 aromatic carbocycles. The lowest BCUT2D eigenvalue weighted by Crippen LogP contribution is -2.46. The van der Waals surface area contributed by atoms with E-state index in [4.69, 9.17) is 10.00 Å². The number of rotatable bonds is 6. The second-order valence-corrected chi connectivity index (χ2v) is 4.03. The molecule has 0 aliphatic carbocycles. The molecule has 1 fully saturated rings. The molecule has 1 aliphatic rings. The van der Waals surface area contributed by atoms with Crippen molar-refractivity contribution in [2.75, 3.05) is 39.9 Å². The summed E-state index contributed by atoms with van der Waals surface area (Å²) in [6.45, 7) is 4.68. The maximum absolute atomic E-state index is 8.49. The van der Waals surface area contributed by atoms with Gasteiger partial charge in [-0.2, -0.15) is 5.26 Å². The van der Waals surface area contributed by atoms with Crippen LogP contribution in [0.25, 0.3) is 0 Å². The average molecular weight is 211 g/mol. The summed E-state index contributed by atoms with van der Waals surface area (Å²) in [5.41, 5.74) is 0. The number of methoxy groups -OCH3 is 1. The van der Waals surface area contributed by atoms with Crippen molar-refractivity contribution in [2.45, 2.75) is 25.3 Å². The molecule has 1 aliphatic heterocycles. The second-order valence-electron chi connectivity index (χ2n) is 4.03. The number of nitrogens with zero attached hydrogens (tertiary/aromatic N) is 2. The topological polar surface area (TPSA) is 48.3 Å². The molecule has 0 radical (unpaired) electrons. The van der Waals surface area contributed by atoms with Gasteiger partial charge in [0.1, 0.15) is 0 Å². The third kappa shape index (κ3) is 5.12. The van der Waals surface area contributed by atoms with Gasteiger partial charge in [-0.15, -0.1) is 0 Å². The van der Waals surface area contributed by atoms with Crippen LogP contribution in [0.15, 0.2) is 0 Å². The van der Waals surface area contributed by atoms with Gasteiger partial charge >= 0.3 is 0 Å². The summed E-state index contributed by atoms with van der Waals surface area (Å²) in [6.07, 6.45) is 3.53. The molecular formula is C11H21N3O. The molecule has 0 spiro atoms. The van der Waals surface area contributed by atoms with Gasteiger partial charge in [0.05, 0.1) is 12.6 Å². The van der Waals surface area contributed by atoms with Crippen molar-refractivity contribution in [2.24, 2.45) is 0 Å². The van der Waals surface area contributed by atoms with Gasteiger partial charge < -0.3 is 15.0 Å². The van der Waals surface area contributed by atoms with Gasteiger partial charge in [0.2, 0.25) is 0 Å². The van der Waals surface area contributed by atoms with Crippen molar-refractivity contribution >= 4 is 0 Å². The van der Waals surface area contributed by atoms with Crippen LogP contribution in [-0.4, -0.2) is 50.8 Å². The van der Waals surface area contributed by atoms with Crippen LogP contribution in [0.1, 0.15) is 19.3 Å². The van der Waals surface area contributed by atoms with Crippen LogP contribution in [0.3, 0.4) is 0 Å². The highest BCUT2D eigenvalue weighted by molar-refractivity contribution is 4.82. The smallest absolute Gasteiger partial charge is 0.0843 e. The summed E-state index contributed by atoms with van der Waals surface area (Å²) >= 11 is 0. The van der Waals surface area contributed by atoms with Gasteiger partial charge in [0, 0.05) is 32.8 Å². The fourth-order valence-electron chi connectivity index (χ4n) is 2.05. The largest absolute Gasteiger partial charge is 0.385 e. The Balaban J connectivity index is 2.14. The molecule has 86 valence electrons. The predicted octanol–water partition coefficient (Wildman–Crippen LogP) is 0.600. The van der Waals surface area contributed by atoms with Crippen molar-refractivity contribution in [3.05, 3.63) is 0 Å². The van der Waals surface area contributed by atoms with E-state index in [1.165, 1.54) is 19.4 Å². The number of hydrogen-bond acceptors (Lipinski definition) is 4. The van der Waals surface area contributed by atoms with Crippen LogP contribution in [0.2, 0.25) is 0 Å². The fourth-order valence-corrected chi connectivity index (χ4v) is 2.05. The van der Waals surface area contributed by atoms with Crippen LogP contribution in [0.5, 0.6) is 0 Å². The minimum absolute atomic E-state index is 0.469. The number of likely N-dealkylation sites (tertiary alicyclic amines) is 1. The van der Waals surface area contributed by atoms with Gasteiger partial charge in [-0.1, -0.05) is 0 Å². The van der Waals surface area contributed by atoms with Crippen LogP contribution >= 0.6 is 0 Å². The predicted molar refractivity (Wildman–Crippen MR) is 59.6 cm³/mol. The van der Waals surface area contributed by atoms with E-state index in [9.17, 15) is 0 Å². The van der Waals surface area contributed by atoms with Crippen LogP contribution < -0.4 is 5.32 Å². The maximum Gasteiger partial charge on any atom is 0.0843 e. The molecule has 0 aromatic heterocycles. The Labute approximate surface area is 92.2 Å². The minimum atomic E-state index is 0.469. The first-order valence-electron chi connectivity index (χ1n) is 5.68. The number of ether oxygens (including phenoxy) is 1. The lowest BCUT2D eigenvalue weighted by Gasteiger charge is -2.32. The van der Waals surface area contributed by atoms with E-state index in [0.717, 1.165) is 26.1 Å². The van der Waals surface area contributed by atoms with Crippen LogP contribution in [0.4, 0.5) is 0 Å². The quantitative estimate of drug-likeness (QED) is 0.516. The van der Waals surface area contributed by atoms with Crippen molar-refractivity contribution in [1.29, 1.82) is 5.26 Å². The maximum atomic E-state index is 8.49. The molecule has 1 heterocycles. The Morgan fingerprint density at radius 1 is 1.60 bits per heavy atom. The molecule has 0 bridgehead atoms. The zero-order chi connectivity index (χ0) is 10.9. The van der Waals surface area contributed by atoms with E-state index in [0.29, 0.717) is 12.6 Å². The molecular weight excluding hydrogens is 190 g/mol. The molecule has 1 rings (SSSR count). The molecule has 4 nitrogen and oxygen atoms in total. The van der Waals surface area contributed by atoms with Crippen molar-refractivity contribution in [3.8, 4) is 6.07 Å². The lowest BCUT2D eigenvalue weighted by atomic mass is 10.1. The second kappa shape index (κ2) is 7.63. The average Bonchev–Trinajstić information content (AvgIpc) is 2.27. The van der Waals surface area contributed by atoms with E-state index >= 15 is 0 Å². The first kappa shape index (κ1) is 12.4. The Kier molecular flexibility index (Phi) is 6.33. The number of nitrogens with one attached hydrogen (secondary N) is 1. The molecule has 0 amide bonds. The highest BCUT2D eigenvalue weighted by atomic mass is 16.5. The molecule has 1 N–H and O–H groups in total. The highest BCUT2D eigenvalue weighted by Gasteiger charge is 2.18. The summed E-state index contributed by atoms with van der Waals surface area (Å²) in [7, 11) is 1.74. The first-order chi connectivity index (χ1) is 7.36. The summed E-state index contributed by atoms with van der Waals surface area (Å²) in [5, 5.41) is 11.8. The number of piperidine rings is 1. The Hall–Kier alpha value is -0.630. The van der Waals surface area contributed by atoms with Gasteiger partial charge in [-0.3, -0.25) is 0 Å². The van der Waals surface area contributed by atoms with Crippen LogP contribution in [0, 0.1) is 11.3 Å². The van der Waals surface area contributed by atoms with E-state index in [-0.39, 0.29) is 0 Å². The first-order valence-corrected chi connectivity index (χ1v) is 5.68. The minimum Gasteiger partial charge on any atom is -0.385 e. The van der Waals surface area contributed by atoms with Gasteiger partial charge in [-0.25, -0.2) is 0 Å². The molecule has 15 heavy (non-hydrogen) atoms. The molecule has 1 saturated heterocycles. The van der Waals surface area contributed by atoms with Crippen molar-refractivity contribution in [3.63, 3.8) is 0 Å². The summed E-state index contributed by atoms with van der Waals surface area (Å²) in [5.74, 6) is 0. The van der Waals surface area contributed by atoms with E-state index in [2.05, 4.69) is 16.3 Å². The standard InChI is InChI=1S/C11H21N3O/c1-15-9-3-8-14-7-2-4-11(10-14)13-6-5-12/h11,13H,2-4,6-10H2,1H3. The Morgan fingerprint density at radius 2 is 2.47 bits per heavy atom. The lowest BCUT2D eigenvalue weighted by molar-refractivity contribution is 0.150.